The molecule has 1 heteroatoms. The highest BCUT2D eigenvalue weighted by Gasteiger charge is 1.97. The van der Waals surface area contributed by atoms with Gasteiger partial charge in [-0.25, -0.2) is 0 Å². The van der Waals surface area contributed by atoms with Crippen LogP contribution in [0.5, 0.6) is 0 Å². The first-order valence-corrected chi connectivity index (χ1v) is 4.55. The summed E-state index contributed by atoms with van der Waals surface area (Å²) in [4.78, 5) is 0. The molecule has 66 valence electrons. The lowest BCUT2D eigenvalue weighted by Crippen LogP contribution is -2.17. The second-order valence-electron chi connectivity index (χ2n) is 3.35. The van der Waals surface area contributed by atoms with Gasteiger partial charge in [-0.1, -0.05) is 31.2 Å². The molecule has 0 amide bonds. The summed E-state index contributed by atoms with van der Waals surface area (Å²) in [6.45, 7) is 4.21. The maximum Gasteiger partial charge on any atom is 0.00509 e. The molecule has 1 atom stereocenters. The van der Waals surface area contributed by atoms with Gasteiger partial charge in [-0.2, -0.15) is 0 Å². The minimum atomic E-state index is 0.261. The Morgan fingerprint density at radius 3 is 2.58 bits per heavy atom. The van der Waals surface area contributed by atoms with E-state index >= 15 is 0 Å². The van der Waals surface area contributed by atoms with E-state index in [1.165, 1.54) is 11.1 Å². The van der Waals surface area contributed by atoms with Gasteiger partial charge < -0.3 is 5.73 Å². The molecule has 0 saturated heterocycles. The van der Waals surface area contributed by atoms with E-state index in [-0.39, 0.29) is 6.04 Å². The Bertz CT molecular complexity index is 241. The van der Waals surface area contributed by atoms with E-state index in [1.807, 2.05) is 6.92 Å². The molecule has 0 spiro atoms. The number of hydrogen-bond donors (Lipinski definition) is 1. The molecule has 1 rings (SSSR count). The first-order chi connectivity index (χ1) is 5.72. The predicted octanol–water partition coefficient (Wildman–Crippen LogP) is 2.14. The number of nitrogens with two attached hydrogens (primary N) is 1. The molecule has 1 aromatic carbocycles. The zero-order chi connectivity index (χ0) is 8.97. The SMILES string of the molecule is CCc1cccc(CC(C)N)c1. The lowest BCUT2D eigenvalue weighted by atomic mass is 10.0. The fourth-order valence-corrected chi connectivity index (χ4v) is 1.35. The van der Waals surface area contributed by atoms with Crippen LogP contribution in [0.3, 0.4) is 0 Å². The predicted molar refractivity (Wildman–Crippen MR) is 53.2 cm³/mol. The summed E-state index contributed by atoms with van der Waals surface area (Å²) in [6, 6.07) is 8.91. The number of hydrogen-bond acceptors (Lipinski definition) is 1. The van der Waals surface area contributed by atoms with Gasteiger partial charge in [0.2, 0.25) is 0 Å². The maximum atomic E-state index is 5.72. The van der Waals surface area contributed by atoms with Crippen LogP contribution < -0.4 is 5.73 Å². The molecule has 0 radical (unpaired) electrons. The van der Waals surface area contributed by atoms with E-state index in [9.17, 15) is 0 Å². The van der Waals surface area contributed by atoms with Gasteiger partial charge in [0.15, 0.2) is 0 Å². The lowest BCUT2D eigenvalue weighted by molar-refractivity contribution is 0.737. The van der Waals surface area contributed by atoms with E-state index in [0.717, 1.165) is 12.8 Å². The monoisotopic (exact) mass is 163 g/mol. The second kappa shape index (κ2) is 4.27. The highest BCUT2D eigenvalue weighted by molar-refractivity contribution is 5.23. The van der Waals surface area contributed by atoms with E-state index in [2.05, 4.69) is 31.2 Å². The van der Waals surface area contributed by atoms with Crippen molar-refractivity contribution < 1.29 is 0 Å². The van der Waals surface area contributed by atoms with Gasteiger partial charge in [-0.05, 0) is 30.9 Å². The topological polar surface area (TPSA) is 26.0 Å². The average molecular weight is 163 g/mol. The molecular weight excluding hydrogens is 146 g/mol. The van der Waals surface area contributed by atoms with Gasteiger partial charge in [-0.15, -0.1) is 0 Å². The van der Waals surface area contributed by atoms with Gasteiger partial charge in [0.1, 0.15) is 0 Å². The van der Waals surface area contributed by atoms with Crippen molar-refractivity contribution in [3.8, 4) is 0 Å². The zero-order valence-corrected chi connectivity index (χ0v) is 7.88. The van der Waals surface area contributed by atoms with E-state index in [4.69, 9.17) is 5.73 Å². The number of aryl methyl sites for hydroxylation is 1. The van der Waals surface area contributed by atoms with E-state index in [0.29, 0.717) is 0 Å². The number of benzene rings is 1. The van der Waals surface area contributed by atoms with Crippen LogP contribution in [-0.4, -0.2) is 6.04 Å². The first kappa shape index (κ1) is 9.27. The van der Waals surface area contributed by atoms with Gasteiger partial charge >= 0.3 is 0 Å². The van der Waals surface area contributed by atoms with E-state index in [1.54, 1.807) is 0 Å². The van der Waals surface area contributed by atoms with Crippen molar-refractivity contribution in [2.24, 2.45) is 5.73 Å². The molecule has 12 heavy (non-hydrogen) atoms. The summed E-state index contributed by atoms with van der Waals surface area (Å²) >= 11 is 0. The molecule has 1 nitrogen and oxygen atoms in total. The molecular formula is C11H17N. The summed E-state index contributed by atoms with van der Waals surface area (Å²) in [5, 5.41) is 0. The molecule has 0 fully saturated rings. The third-order valence-corrected chi connectivity index (χ3v) is 1.96. The third-order valence-electron chi connectivity index (χ3n) is 1.96. The molecule has 0 heterocycles. The minimum Gasteiger partial charge on any atom is -0.328 e. The Labute approximate surface area is 74.6 Å². The van der Waals surface area contributed by atoms with Crippen molar-refractivity contribution in [2.45, 2.75) is 32.7 Å². The summed E-state index contributed by atoms with van der Waals surface area (Å²) in [5.74, 6) is 0. The molecule has 0 aliphatic carbocycles. The van der Waals surface area contributed by atoms with Crippen LogP contribution in [0, 0.1) is 0 Å². The van der Waals surface area contributed by atoms with Crippen LogP contribution in [0.25, 0.3) is 0 Å². The highest BCUT2D eigenvalue weighted by Crippen LogP contribution is 2.07. The Hall–Kier alpha value is -0.820. The van der Waals surface area contributed by atoms with Crippen molar-refractivity contribution in [1.82, 2.24) is 0 Å². The molecule has 0 bridgehead atoms. The van der Waals surface area contributed by atoms with Crippen LogP contribution >= 0.6 is 0 Å². The Kier molecular flexibility index (Phi) is 3.30. The van der Waals surface area contributed by atoms with Crippen molar-refractivity contribution in [1.29, 1.82) is 0 Å². The quantitative estimate of drug-likeness (QED) is 0.726. The number of rotatable bonds is 3. The zero-order valence-electron chi connectivity index (χ0n) is 7.88. The summed E-state index contributed by atoms with van der Waals surface area (Å²) < 4.78 is 0. The third kappa shape index (κ3) is 2.67. The molecule has 0 aliphatic rings. The Morgan fingerprint density at radius 2 is 2.00 bits per heavy atom. The largest absolute Gasteiger partial charge is 0.328 e. The van der Waals surface area contributed by atoms with Crippen LogP contribution in [0.15, 0.2) is 24.3 Å². The van der Waals surface area contributed by atoms with Crippen molar-refractivity contribution in [3.63, 3.8) is 0 Å². The van der Waals surface area contributed by atoms with Gasteiger partial charge in [0.05, 0.1) is 0 Å². The van der Waals surface area contributed by atoms with Gasteiger partial charge in [-0.3, -0.25) is 0 Å². The average Bonchev–Trinajstić information content (AvgIpc) is 2.03. The normalized spacial score (nSPS) is 12.9. The standard InChI is InChI=1S/C11H17N/c1-3-10-5-4-6-11(8-10)7-9(2)12/h4-6,8-9H,3,7,12H2,1-2H3. The minimum absolute atomic E-state index is 0.261. The lowest BCUT2D eigenvalue weighted by Gasteiger charge is -2.06. The first-order valence-electron chi connectivity index (χ1n) is 4.55. The fraction of sp³-hybridized carbons (Fsp3) is 0.455. The van der Waals surface area contributed by atoms with Gasteiger partial charge in [0.25, 0.3) is 0 Å². The fourth-order valence-electron chi connectivity index (χ4n) is 1.35. The molecule has 0 aliphatic heterocycles. The van der Waals surface area contributed by atoms with Crippen molar-refractivity contribution in [3.05, 3.63) is 35.4 Å². The highest BCUT2D eigenvalue weighted by atomic mass is 14.6. The summed E-state index contributed by atoms with van der Waals surface area (Å²) in [5.41, 5.74) is 8.46. The van der Waals surface area contributed by atoms with Crippen LogP contribution in [0.2, 0.25) is 0 Å². The molecule has 0 saturated carbocycles. The second-order valence-corrected chi connectivity index (χ2v) is 3.35. The molecule has 1 aromatic rings. The molecule has 0 aromatic heterocycles. The summed E-state index contributed by atoms with van der Waals surface area (Å²) in [6.07, 6.45) is 2.08. The van der Waals surface area contributed by atoms with Crippen LogP contribution in [0.1, 0.15) is 25.0 Å². The van der Waals surface area contributed by atoms with Crippen LogP contribution in [0.4, 0.5) is 0 Å². The maximum absolute atomic E-state index is 5.72. The molecule has 1 unspecified atom stereocenters. The van der Waals surface area contributed by atoms with Crippen molar-refractivity contribution >= 4 is 0 Å². The summed E-state index contributed by atoms with van der Waals surface area (Å²) in [7, 11) is 0. The van der Waals surface area contributed by atoms with E-state index < -0.39 is 0 Å². The Balaban J connectivity index is 2.72. The molecule has 2 N–H and O–H groups in total. The van der Waals surface area contributed by atoms with Crippen molar-refractivity contribution in [2.75, 3.05) is 0 Å². The van der Waals surface area contributed by atoms with Crippen LogP contribution in [-0.2, 0) is 12.8 Å². The smallest absolute Gasteiger partial charge is 0.00509 e. The van der Waals surface area contributed by atoms with Gasteiger partial charge in [0, 0.05) is 6.04 Å². The Morgan fingerprint density at radius 1 is 1.33 bits per heavy atom.